The summed E-state index contributed by atoms with van der Waals surface area (Å²) in [6, 6.07) is 4.27. The van der Waals surface area contributed by atoms with Gasteiger partial charge in [-0.3, -0.25) is 9.59 Å². The van der Waals surface area contributed by atoms with E-state index in [1.54, 1.807) is 6.92 Å². The lowest BCUT2D eigenvalue weighted by Crippen LogP contribution is -2.21. The van der Waals surface area contributed by atoms with Gasteiger partial charge in [-0.2, -0.15) is 0 Å². The first-order chi connectivity index (χ1) is 9.49. The largest absolute Gasteiger partial charge is 0.481 e. The van der Waals surface area contributed by atoms with E-state index in [-0.39, 0.29) is 17.9 Å². The van der Waals surface area contributed by atoms with Crippen LogP contribution in [0.5, 0.6) is 0 Å². The Hall–Kier alpha value is -2.17. The highest BCUT2D eigenvalue weighted by Crippen LogP contribution is 2.38. The van der Waals surface area contributed by atoms with Crippen LogP contribution >= 0.6 is 0 Å². The second-order valence-electron chi connectivity index (χ2n) is 5.23. The minimum absolute atomic E-state index is 0.243. The molecule has 104 valence electrons. The first kappa shape index (κ1) is 12.8. The van der Waals surface area contributed by atoms with E-state index in [9.17, 15) is 14.0 Å². The molecule has 3 rings (SSSR count). The van der Waals surface area contributed by atoms with Crippen molar-refractivity contribution >= 4 is 16.9 Å². The van der Waals surface area contributed by atoms with Crippen molar-refractivity contribution in [2.75, 3.05) is 0 Å². The first-order valence-electron chi connectivity index (χ1n) is 6.54. The SMILES string of the molecule is Cc1c(CC(=O)O)c(=O)c2ccc(F)cc2n1C1CC1. The van der Waals surface area contributed by atoms with Crippen molar-refractivity contribution in [2.24, 2.45) is 0 Å². The van der Waals surface area contributed by atoms with Gasteiger partial charge < -0.3 is 9.67 Å². The van der Waals surface area contributed by atoms with Gasteiger partial charge >= 0.3 is 5.97 Å². The van der Waals surface area contributed by atoms with E-state index in [0.29, 0.717) is 22.2 Å². The monoisotopic (exact) mass is 275 g/mol. The van der Waals surface area contributed by atoms with Gasteiger partial charge in [0, 0.05) is 22.7 Å². The van der Waals surface area contributed by atoms with Crippen LogP contribution in [0.25, 0.3) is 10.9 Å². The lowest BCUT2D eigenvalue weighted by Gasteiger charge is -2.17. The number of nitrogens with zero attached hydrogens (tertiary/aromatic N) is 1. The third-order valence-corrected chi connectivity index (χ3v) is 3.78. The van der Waals surface area contributed by atoms with Crippen molar-refractivity contribution in [3.63, 3.8) is 0 Å². The zero-order chi connectivity index (χ0) is 14.4. The van der Waals surface area contributed by atoms with E-state index in [4.69, 9.17) is 5.11 Å². The minimum Gasteiger partial charge on any atom is -0.481 e. The Morgan fingerprint density at radius 1 is 1.45 bits per heavy atom. The summed E-state index contributed by atoms with van der Waals surface area (Å²) in [5.74, 6) is -1.43. The number of benzene rings is 1. The van der Waals surface area contributed by atoms with Crippen molar-refractivity contribution in [1.29, 1.82) is 0 Å². The van der Waals surface area contributed by atoms with Gasteiger partial charge in [-0.25, -0.2) is 4.39 Å². The van der Waals surface area contributed by atoms with Gasteiger partial charge in [-0.05, 0) is 38.0 Å². The molecule has 0 spiro atoms. The van der Waals surface area contributed by atoms with Gasteiger partial charge in [0.1, 0.15) is 5.82 Å². The van der Waals surface area contributed by atoms with Gasteiger partial charge in [-0.1, -0.05) is 0 Å². The highest BCUT2D eigenvalue weighted by Gasteiger charge is 2.28. The molecule has 0 bridgehead atoms. The molecule has 1 N–H and O–H groups in total. The number of hydrogen-bond donors (Lipinski definition) is 1. The fourth-order valence-corrected chi connectivity index (χ4v) is 2.71. The van der Waals surface area contributed by atoms with Crippen LogP contribution in [0.2, 0.25) is 0 Å². The number of carbonyl (C=O) groups is 1. The van der Waals surface area contributed by atoms with Crippen molar-refractivity contribution in [2.45, 2.75) is 32.2 Å². The van der Waals surface area contributed by atoms with Crippen LogP contribution in [0, 0.1) is 12.7 Å². The molecule has 0 amide bonds. The maximum atomic E-state index is 13.5. The van der Waals surface area contributed by atoms with Crippen LogP contribution in [0.3, 0.4) is 0 Å². The second-order valence-corrected chi connectivity index (χ2v) is 5.23. The van der Waals surface area contributed by atoms with Gasteiger partial charge in [0.15, 0.2) is 5.43 Å². The molecule has 1 aliphatic carbocycles. The maximum absolute atomic E-state index is 13.5. The number of hydrogen-bond acceptors (Lipinski definition) is 2. The molecule has 0 saturated heterocycles. The molecule has 0 radical (unpaired) electrons. The van der Waals surface area contributed by atoms with Gasteiger partial charge in [0.25, 0.3) is 0 Å². The third-order valence-electron chi connectivity index (χ3n) is 3.78. The zero-order valence-electron chi connectivity index (χ0n) is 11.0. The van der Waals surface area contributed by atoms with Crippen LogP contribution < -0.4 is 5.43 Å². The molecule has 0 aliphatic heterocycles. The Kier molecular flexibility index (Phi) is 2.85. The Bertz CT molecular complexity index is 775. The molecule has 2 aromatic rings. The number of aliphatic carboxylic acids is 1. The highest BCUT2D eigenvalue weighted by atomic mass is 19.1. The maximum Gasteiger partial charge on any atom is 0.308 e. The normalized spacial score (nSPS) is 14.7. The summed E-state index contributed by atoms with van der Waals surface area (Å²) in [7, 11) is 0. The van der Waals surface area contributed by atoms with Crippen molar-refractivity contribution in [3.05, 3.63) is 45.5 Å². The third kappa shape index (κ3) is 1.99. The van der Waals surface area contributed by atoms with E-state index in [1.807, 2.05) is 4.57 Å². The molecular weight excluding hydrogens is 261 g/mol. The molecule has 0 atom stereocenters. The van der Waals surface area contributed by atoms with E-state index in [1.165, 1.54) is 18.2 Å². The molecule has 1 aromatic heterocycles. The average molecular weight is 275 g/mol. The standard InChI is InChI=1S/C15H14FNO3/c1-8-12(7-14(18)19)15(20)11-5-2-9(16)6-13(11)17(8)10-3-4-10/h2,5-6,10H,3-4,7H2,1H3,(H,18,19). The van der Waals surface area contributed by atoms with Crippen molar-refractivity contribution < 1.29 is 14.3 Å². The van der Waals surface area contributed by atoms with E-state index in [2.05, 4.69) is 0 Å². The summed E-state index contributed by atoms with van der Waals surface area (Å²) in [5.41, 5.74) is 1.18. The number of pyridine rings is 1. The second kappa shape index (κ2) is 4.44. The average Bonchev–Trinajstić information content (AvgIpc) is 3.18. The molecule has 0 unspecified atom stereocenters. The number of rotatable bonds is 3. The molecule has 1 heterocycles. The summed E-state index contributed by atoms with van der Waals surface area (Å²) in [6.45, 7) is 1.74. The smallest absolute Gasteiger partial charge is 0.308 e. The van der Waals surface area contributed by atoms with Crippen LogP contribution in [0.4, 0.5) is 4.39 Å². The highest BCUT2D eigenvalue weighted by molar-refractivity contribution is 5.82. The Balaban J connectivity index is 2.39. The Morgan fingerprint density at radius 3 is 2.75 bits per heavy atom. The Labute approximate surface area is 114 Å². The van der Waals surface area contributed by atoms with Crippen LogP contribution in [-0.4, -0.2) is 15.6 Å². The molecule has 5 heteroatoms. The van der Waals surface area contributed by atoms with Crippen LogP contribution in [0.1, 0.15) is 30.1 Å². The van der Waals surface area contributed by atoms with Crippen LogP contribution in [-0.2, 0) is 11.2 Å². The van der Waals surface area contributed by atoms with Gasteiger partial charge in [-0.15, -0.1) is 0 Å². The number of carboxylic acid groups (broad SMARTS) is 1. The summed E-state index contributed by atoms with van der Waals surface area (Å²) < 4.78 is 15.4. The predicted molar refractivity (Wildman–Crippen MR) is 72.5 cm³/mol. The van der Waals surface area contributed by atoms with Crippen molar-refractivity contribution in [1.82, 2.24) is 4.57 Å². The van der Waals surface area contributed by atoms with Gasteiger partial charge in [0.05, 0.1) is 11.9 Å². The lowest BCUT2D eigenvalue weighted by molar-refractivity contribution is -0.136. The molecule has 4 nitrogen and oxygen atoms in total. The molecule has 1 aromatic carbocycles. The van der Waals surface area contributed by atoms with E-state index >= 15 is 0 Å². The molecule has 1 saturated carbocycles. The topological polar surface area (TPSA) is 59.3 Å². The van der Waals surface area contributed by atoms with Gasteiger partial charge in [0.2, 0.25) is 0 Å². The summed E-state index contributed by atoms with van der Waals surface area (Å²) in [6.07, 6.45) is 1.65. The molecule has 1 fully saturated rings. The van der Waals surface area contributed by atoms with E-state index < -0.39 is 11.8 Å². The first-order valence-corrected chi connectivity index (χ1v) is 6.54. The van der Waals surface area contributed by atoms with Crippen LogP contribution in [0.15, 0.2) is 23.0 Å². The number of halogens is 1. The summed E-state index contributed by atoms with van der Waals surface area (Å²) in [5, 5.41) is 9.36. The quantitative estimate of drug-likeness (QED) is 0.935. The number of carboxylic acids is 1. The fourth-order valence-electron chi connectivity index (χ4n) is 2.71. The van der Waals surface area contributed by atoms with E-state index in [0.717, 1.165) is 12.8 Å². The molecule has 20 heavy (non-hydrogen) atoms. The minimum atomic E-state index is -1.03. The lowest BCUT2D eigenvalue weighted by atomic mass is 10.0. The van der Waals surface area contributed by atoms with Crippen molar-refractivity contribution in [3.8, 4) is 0 Å². The molecule has 1 aliphatic rings. The number of aromatic nitrogens is 1. The summed E-state index contributed by atoms with van der Waals surface area (Å²) >= 11 is 0. The summed E-state index contributed by atoms with van der Waals surface area (Å²) in [4.78, 5) is 23.3. The molecular formula is C15H14FNO3. The Morgan fingerprint density at radius 2 is 2.15 bits per heavy atom. The predicted octanol–water partition coefficient (Wildman–Crippen LogP) is 2.41. The number of fused-ring (bicyclic) bond motifs is 1. The zero-order valence-corrected chi connectivity index (χ0v) is 11.0. The fraction of sp³-hybridized carbons (Fsp3) is 0.333.